The van der Waals surface area contributed by atoms with E-state index in [0.29, 0.717) is 12.2 Å². The van der Waals surface area contributed by atoms with Crippen LogP contribution in [0.15, 0.2) is 24.3 Å². The molecular formula is C17H22N2O4. The maximum atomic E-state index is 11.8. The number of carbonyl (C=O) groups is 2. The molecule has 23 heavy (non-hydrogen) atoms. The predicted molar refractivity (Wildman–Crippen MR) is 85.5 cm³/mol. The zero-order chi connectivity index (χ0) is 16.4. The van der Waals surface area contributed by atoms with Crippen LogP contribution in [-0.4, -0.2) is 62.3 Å². The number of benzene rings is 1. The topological polar surface area (TPSA) is 59.1 Å². The minimum Gasteiger partial charge on any atom is -0.465 e. The van der Waals surface area contributed by atoms with Crippen molar-refractivity contribution in [2.75, 3.05) is 38.3 Å². The van der Waals surface area contributed by atoms with Gasteiger partial charge in [0.25, 0.3) is 0 Å². The minimum absolute atomic E-state index is 0.0890. The number of hydrogen-bond donors (Lipinski definition) is 0. The molecule has 2 saturated heterocycles. The number of piperazine rings is 1. The summed E-state index contributed by atoms with van der Waals surface area (Å²) in [5, 5.41) is 0. The zero-order valence-electron chi connectivity index (χ0n) is 13.5. The third-order valence-electron chi connectivity index (χ3n) is 4.64. The smallest absolute Gasteiger partial charge is 0.337 e. The second-order valence-electron chi connectivity index (χ2n) is 6.04. The van der Waals surface area contributed by atoms with Gasteiger partial charge in [-0.15, -0.1) is 0 Å². The van der Waals surface area contributed by atoms with E-state index in [1.807, 2.05) is 12.1 Å². The summed E-state index contributed by atoms with van der Waals surface area (Å²) in [4.78, 5) is 27.8. The Balaban J connectivity index is 1.65. The highest BCUT2D eigenvalue weighted by Crippen LogP contribution is 2.24. The Labute approximate surface area is 136 Å². The van der Waals surface area contributed by atoms with Crippen LogP contribution in [0.3, 0.4) is 0 Å². The summed E-state index contributed by atoms with van der Waals surface area (Å²) in [6.07, 6.45) is 0.789. The van der Waals surface area contributed by atoms with Crippen LogP contribution in [0.5, 0.6) is 0 Å². The lowest BCUT2D eigenvalue weighted by Gasteiger charge is -2.42. The second-order valence-corrected chi connectivity index (χ2v) is 6.04. The summed E-state index contributed by atoms with van der Waals surface area (Å²) >= 11 is 0. The molecule has 0 aliphatic carbocycles. The molecule has 0 N–H and O–H groups in total. The number of ether oxygens (including phenoxy) is 2. The molecule has 2 fully saturated rings. The van der Waals surface area contributed by atoms with Gasteiger partial charge in [0.2, 0.25) is 0 Å². The minimum atomic E-state index is -0.325. The summed E-state index contributed by atoms with van der Waals surface area (Å²) in [5.41, 5.74) is 1.63. The van der Waals surface area contributed by atoms with E-state index in [2.05, 4.69) is 16.7 Å². The van der Waals surface area contributed by atoms with Gasteiger partial charge in [0.05, 0.1) is 19.3 Å². The van der Waals surface area contributed by atoms with E-state index in [0.717, 1.165) is 31.7 Å². The van der Waals surface area contributed by atoms with Crippen molar-refractivity contribution in [3.63, 3.8) is 0 Å². The molecule has 0 spiro atoms. The molecule has 6 nitrogen and oxygen atoms in total. The molecule has 0 saturated carbocycles. The molecule has 1 aromatic rings. The van der Waals surface area contributed by atoms with Crippen molar-refractivity contribution < 1.29 is 19.1 Å². The molecular weight excluding hydrogens is 296 g/mol. The van der Waals surface area contributed by atoms with Gasteiger partial charge in [-0.1, -0.05) is 0 Å². The van der Waals surface area contributed by atoms with Crippen LogP contribution < -0.4 is 4.90 Å². The number of esters is 2. The lowest BCUT2D eigenvalue weighted by atomic mass is 10.1. The lowest BCUT2D eigenvalue weighted by Crippen LogP contribution is -2.56. The maximum absolute atomic E-state index is 11.8. The normalized spacial score (nSPS) is 25.3. The van der Waals surface area contributed by atoms with E-state index in [-0.39, 0.29) is 24.0 Å². The van der Waals surface area contributed by atoms with Crippen molar-refractivity contribution in [2.24, 2.45) is 0 Å². The number of cyclic esters (lactones) is 1. The highest BCUT2D eigenvalue weighted by atomic mass is 16.5. The third kappa shape index (κ3) is 3.17. The van der Waals surface area contributed by atoms with Gasteiger partial charge < -0.3 is 14.4 Å². The fraction of sp³-hybridized carbons (Fsp3) is 0.529. The summed E-state index contributed by atoms with van der Waals surface area (Å²) in [5.74, 6) is -0.415. The van der Waals surface area contributed by atoms with Crippen molar-refractivity contribution in [2.45, 2.75) is 25.4 Å². The van der Waals surface area contributed by atoms with Gasteiger partial charge in [-0.2, -0.15) is 0 Å². The van der Waals surface area contributed by atoms with Gasteiger partial charge in [0.1, 0.15) is 6.04 Å². The Hall–Kier alpha value is -2.08. The number of rotatable bonds is 3. The van der Waals surface area contributed by atoms with Gasteiger partial charge in [0, 0.05) is 37.8 Å². The average molecular weight is 318 g/mol. The number of anilines is 1. The van der Waals surface area contributed by atoms with E-state index < -0.39 is 0 Å². The zero-order valence-corrected chi connectivity index (χ0v) is 13.5. The predicted octanol–water partition coefficient (Wildman–Crippen LogP) is 1.30. The van der Waals surface area contributed by atoms with Crippen molar-refractivity contribution in [3.8, 4) is 0 Å². The largest absolute Gasteiger partial charge is 0.465 e. The highest BCUT2D eigenvalue weighted by molar-refractivity contribution is 5.89. The number of carbonyl (C=O) groups excluding carboxylic acids is 2. The third-order valence-corrected chi connectivity index (χ3v) is 4.64. The quantitative estimate of drug-likeness (QED) is 0.783. The molecule has 0 radical (unpaired) electrons. The summed E-state index contributed by atoms with van der Waals surface area (Å²) in [6, 6.07) is 7.64. The molecule has 0 aromatic heterocycles. The van der Waals surface area contributed by atoms with Gasteiger partial charge in [-0.25, -0.2) is 4.79 Å². The van der Waals surface area contributed by atoms with E-state index in [1.54, 1.807) is 12.1 Å². The number of hydrogen-bond acceptors (Lipinski definition) is 6. The molecule has 0 unspecified atom stereocenters. The van der Waals surface area contributed by atoms with Gasteiger partial charge in [-0.05, 0) is 31.2 Å². The van der Waals surface area contributed by atoms with E-state index >= 15 is 0 Å². The molecule has 0 amide bonds. The second kappa shape index (κ2) is 6.58. The molecule has 1 aromatic carbocycles. The molecule has 6 heteroatoms. The van der Waals surface area contributed by atoms with Crippen LogP contribution in [0.4, 0.5) is 5.69 Å². The first-order valence-corrected chi connectivity index (χ1v) is 7.96. The standard InChI is InChI=1S/C17H22N2O4/c1-12-11-18(8-9-19(12)15-7-10-23-17(15)21)14-5-3-13(4-6-14)16(20)22-2/h3-6,12,15H,7-11H2,1-2H3/t12-,15+/m0/s1. The van der Waals surface area contributed by atoms with Gasteiger partial charge in [0.15, 0.2) is 0 Å². The highest BCUT2D eigenvalue weighted by Gasteiger charge is 2.37. The van der Waals surface area contributed by atoms with Crippen molar-refractivity contribution in [1.29, 1.82) is 0 Å². The first-order chi connectivity index (χ1) is 11.1. The Morgan fingerprint density at radius 1 is 1.26 bits per heavy atom. The molecule has 2 aliphatic rings. The molecule has 3 rings (SSSR count). The summed E-state index contributed by atoms with van der Waals surface area (Å²) in [6.45, 7) is 5.21. The van der Waals surface area contributed by atoms with Crippen LogP contribution in [0.25, 0.3) is 0 Å². The Morgan fingerprint density at radius 2 is 2.00 bits per heavy atom. The van der Waals surface area contributed by atoms with Crippen molar-refractivity contribution in [1.82, 2.24) is 4.90 Å². The van der Waals surface area contributed by atoms with Crippen molar-refractivity contribution in [3.05, 3.63) is 29.8 Å². The number of methoxy groups -OCH3 is 1. The van der Waals surface area contributed by atoms with Crippen LogP contribution in [0, 0.1) is 0 Å². The van der Waals surface area contributed by atoms with Crippen LogP contribution in [0.2, 0.25) is 0 Å². The summed E-state index contributed by atoms with van der Waals surface area (Å²) < 4.78 is 9.80. The van der Waals surface area contributed by atoms with Crippen molar-refractivity contribution >= 4 is 17.6 Å². The van der Waals surface area contributed by atoms with E-state index in [1.165, 1.54) is 7.11 Å². The van der Waals surface area contributed by atoms with E-state index in [4.69, 9.17) is 9.47 Å². The average Bonchev–Trinajstić information content (AvgIpc) is 3.00. The van der Waals surface area contributed by atoms with Gasteiger partial charge >= 0.3 is 11.9 Å². The fourth-order valence-electron chi connectivity index (χ4n) is 3.38. The maximum Gasteiger partial charge on any atom is 0.337 e. The first kappa shape index (κ1) is 15.8. The van der Waals surface area contributed by atoms with Gasteiger partial charge in [-0.3, -0.25) is 9.69 Å². The Kier molecular flexibility index (Phi) is 4.52. The Bertz CT molecular complexity index is 587. The molecule has 0 bridgehead atoms. The molecule has 124 valence electrons. The number of nitrogens with zero attached hydrogens (tertiary/aromatic N) is 2. The summed E-state index contributed by atoms with van der Waals surface area (Å²) in [7, 11) is 1.38. The molecule has 2 heterocycles. The lowest BCUT2D eigenvalue weighted by molar-refractivity contribution is -0.143. The van der Waals surface area contributed by atoms with Crippen LogP contribution in [0.1, 0.15) is 23.7 Å². The monoisotopic (exact) mass is 318 g/mol. The van der Waals surface area contributed by atoms with E-state index in [9.17, 15) is 9.59 Å². The molecule has 2 aliphatic heterocycles. The first-order valence-electron chi connectivity index (χ1n) is 7.96. The fourth-order valence-corrected chi connectivity index (χ4v) is 3.38. The van der Waals surface area contributed by atoms with Crippen LogP contribution >= 0.6 is 0 Å². The molecule has 2 atom stereocenters. The Morgan fingerprint density at radius 3 is 2.57 bits per heavy atom. The SMILES string of the molecule is COC(=O)c1ccc(N2CCN([C@@H]3CCOC3=O)[C@@H](C)C2)cc1. The van der Waals surface area contributed by atoms with Crippen LogP contribution in [-0.2, 0) is 14.3 Å².